The number of allylic oxidation sites excluding steroid dienone is 1. The molecule has 0 aromatic heterocycles. The molecule has 0 unspecified atom stereocenters. The van der Waals surface area contributed by atoms with Crippen LogP contribution in [0.1, 0.15) is 18.9 Å². The standard InChI is InChI=1S/C10H10N/c1-2-8-7-11-10-6-4-3-5-9(8)10/h3-7H,2H2,1H3. The van der Waals surface area contributed by atoms with Crippen molar-refractivity contribution in [1.82, 2.24) is 5.32 Å². The van der Waals surface area contributed by atoms with Crippen molar-refractivity contribution in [3.05, 3.63) is 36.0 Å². The predicted octanol–water partition coefficient (Wildman–Crippen LogP) is 2.69. The van der Waals surface area contributed by atoms with Gasteiger partial charge in [-0.3, -0.25) is 5.32 Å². The second-order valence-corrected chi connectivity index (χ2v) is 2.65. The highest BCUT2D eigenvalue weighted by molar-refractivity contribution is 5.78. The topological polar surface area (TPSA) is 14.1 Å². The molecule has 1 radical (unpaired) electrons. The Hall–Kier alpha value is -1.24. The second-order valence-electron chi connectivity index (χ2n) is 2.65. The average molecular weight is 144 g/mol. The Morgan fingerprint density at radius 1 is 1.27 bits per heavy atom. The molecule has 0 bridgehead atoms. The van der Waals surface area contributed by atoms with Gasteiger partial charge in [0.25, 0.3) is 0 Å². The largest absolute Gasteiger partial charge is 0.256 e. The number of nitrogens with zero attached hydrogens (tertiary/aromatic N) is 1. The van der Waals surface area contributed by atoms with Gasteiger partial charge in [0.1, 0.15) is 0 Å². The average Bonchev–Trinajstić information content (AvgIpc) is 2.47. The molecule has 1 aliphatic rings. The zero-order chi connectivity index (χ0) is 7.68. The molecule has 0 saturated heterocycles. The molecule has 0 amide bonds. The molecule has 2 rings (SSSR count). The number of rotatable bonds is 1. The van der Waals surface area contributed by atoms with E-state index in [0.29, 0.717) is 0 Å². The third-order valence-corrected chi connectivity index (χ3v) is 1.99. The van der Waals surface area contributed by atoms with Crippen molar-refractivity contribution in [3.63, 3.8) is 0 Å². The highest BCUT2D eigenvalue weighted by Crippen LogP contribution is 2.31. The minimum absolute atomic E-state index is 1.07. The third kappa shape index (κ3) is 0.929. The Kier molecular flexibility index (Phi) is 1.42. The predicted molar refractivity (Wildman–Crippen MR) is 46.5 cm³/mol. The van der Waals surface area contributed by atoms with Crippen molar-refractivity contribution in [3.8, 4) is 0 Å². The zero-order valence-corrected chi connectivity index (χ0v) is 6.54. The lowest BCUT2D eigenvalue weighted by Gasteiger charge is -1.98. The molecule has 0 fully saturated rings. The molecule has 1 aromatic rings. The lowest BCUT2D eigenvalue weighted by Crippen LogP contribution is -1.79. The monoisotopic (exact) mass is 144 g/mol. The summed E-state index contributed by atoms with van der Waals surface area (Å²) >= 11 is 0. The van der Waals surface area contributed by atoms with Crippen molar-refractivity contribution in [2.24, 2.45) is 0 Å². The van der Waals surface area contributed by atoms with Crippen LogP contribution < -0.4 is 5.32 Å². The van der Waals surface area contributed by atoms with Gasteiger partial charge in [-0.25, -0.2) is 0 Å². The highest BCUT2D eigenvalue weighted by Gasteiger charge is 2.11. The fourth-order valence-electron chi connectivity index (χ4n) is 1.36. The van der Waals surface area contributed by atoms with Gasteiger partial charge in [0.2, 0.25) is 0 Å². The Morgan fingerprint density at radius 3 is 2.91 bits per heavy atom. The summed E-state index contributed by atoms with van der Waals surface area (Å²) in [5, 5.41) is 4.29. The highest BCUT2D eigenvalue weighted by atomic mass is 14.9. The molecule has 0 atom stereocenters. The fraction of sp³-hybridized carbons (Fsp3) is 0.200. The van der Waals surface area contributed by atoms with E-state index in [1.165, 1.54) is 11.1 Å². The summed E-state index contributed by atoms with van der Waals surface area (Å²) < 4.78 is 0. The molecular weight excluding hydrogens is 134 g/mol. The molecule has 55 valence electrons. The van der Waals surface area contributed by atoms with Crippen LogP contribution in [-0.4, -0.2) is 0 Å². The number of hydrogen-bond donors (Lipinski definition) is 0. The van der Waals surface area contributed by atoms with Crippen LogP contribution in [0.5, 0.6) is 0 Å². The van der Waals surface area contributed by atoms with Crippen molar-refractivity contribution in [2.75, 3.05) is 0 Å². The first-order valence-electron chi connectivity index (χ1n) is 3.91. The van der Waals surface area contributed by atoms with Crippen LogP contribution in [0.15, 0.2) is 30.5 Å². The second kappa shape index (κ2) is 2.42. The lowest BCUT2D eigenvalue weighted by molar-refractivity contribution is 1.20. The summed E-state index contributed by atoms with van der Waals surface area (Å²) in [6.45, 7) is 2.16. The first kappa shape index (κ1) is 6.47. The van der Waals surface area contributed by atoms with E-state index in [-0.39, 0.29) is 0 Å². The maximum atomic E-state index is 4.29. The van der Waals surface area contributed by atoms with Crippen molar-refractivity contribution >= 4 is 11.3 Å². The molecule has 1 nitrogen and oxygen atoms in total. The van der Waals surface area contributed by atoms with Gasteiger partial charge >= 0.3 is 0 Å². The SMILES string of the molecule is CCC1=C[N]c2ccccc21. The Bertz CT molecular complexity index is 299. The van der Waals surface area contributed by atoms with Crippen LogP contribution in [0.25, 0.3) is 5.57 Å². The molecule has 0 spiro atoms. The van der Waals surface area contributed by atoms with Gasteiger partial charge in [-0.1, -0.05) is 25.1 Å². The molecule has 1 heteroatoms. The van der Waals surface area contributed by atoms with Gasteiger partial charge < -0.3 is 0 Å². The van der Waals surface area contributed by atoms with E-state index in [4.69, 9.17) is 0 Å². The first-order chi connectivity index (χ1) is 5.42. The van der Waals surface area contributed by atoms with Crippen LogP contribution in [0.2, 0.25) is 0 Å². The zero-order valence-electron chi connectivity index (χ0n) is 6.54. The molecule has 1 aromatic carbocycles. The number of benzene rings is 1. The number of para-hydroxylation sites is 1. The molecule has 1 heterocycles. The summed E-state index contributed by atoms with van der Waals surface area (Å²) in [6, 6.07) is 8.26. The van der Waals surface area contributed by atoms with Crippen molar-refractivity contribution in [1.29, 1.82) is 0 Å². The van der Waals surface area contributed by atoms with Crippen molar-refractivity contribution in [2.45, 2.75) is 13.3 Å². The maximum absolute atomic E-state index is 4.29. The normalized spacial score (nSPS) is 13.7. The Morgan fingerprint density at radius 2 is 2.09 bits per heavy atom. The van der Waals surface area contributed by atoms with E-state index in [9.17, 15) is 0 Å². The summed E-state index contributed by atoms with van der Waals surface area (Å²) in [7, 11) is 0. The van der Waals surface area contributed by atoms with Gasteiger partial charge in [0.05, 0.1) is 5.69 Å². The minimum Gasteiger partial charge on any atom is -0.256 e. The molecule has 0 N–H and O–H groups in total. The lowest BCUT2D eigenvalue weighted by atomic mass is 10.1. The number of hydrogen-bond acceptors (Lipinski definition) is 0. The van der Waals surface area contributed by atoms with Gasteiger partial charge in [-0.2, -0.15) is 0 Å². The molecular formula is C10H10N. The fourth-order valence-corrected chi connectivity index (χ4v) is 1.36. The Balaban J connectivity index is 2.48. The number of fused-ring (bicyclic) bond motifs is 1. The molecule has 11 heavy (non-hydrogen) atoms. The third-order valence-electron chi connectivity index (χ3n) is 1.99. The van der Waals surface area contributed by atoms with E-state index in [0.717, 1.165) is 12.1 Å². The van der Waals surface area contributed by atoms with Gasteiger partial charge in [0, 0.05) is 11.8 Å². The molecule has 0 saturated carbocycles. The smallest absolute Gasteiger partial charge is 0.0705 e. The van der Waals surface area contributed by atoms with Gasteiger partial charge in [-0.15, -0.1) is 0 Å². The maximum Gasteiger partial charge on any atom is 0.0705 e. The van der Waals surface area contributed by atoms with E-state index >= 15 is 0 Å². The summed E-state index contributed by atoms with van der Waals surface area (Å²) in [5.41, 5.74) is 3.76. The van der Waals surface area contributed by atoms with Crippen LogP contribution in [0, 0.1) is 0 Å². The Labute approximate surface area is 66.7 Å². The van der Waals surface area contributed by atoms with Crippen LogP contribution in [0.3, 0.4) is 0 Å². The van der Waals surface area contributed by atoms with E-state index in [1.54, 1.807) is 0 Å². The van der Waals surface area contributed by atoms with Gasteiger partial charge in [0.15, 0.2) is 0 Å². The summed E-state index contributed by atoms with van der Waals surface area (Å²) in [5.74, 6) is 0. The quantitative estimate of drug-likeness (QED) is 0.575. The molecule has 0 aliphatic carbocycles. The van der Waals surface area contributed by atoms with Crippen molar-refractivity contribution < 1.29 is 0 Å². The summed E-state index contributed by atoms with van der Waals surface area (Å²) in [6.07, 6.45) is 3.03. The first-order valence-corrected chi connectivity index (χ1v) is 3.91. The molecule has 1 aliphatic heterocycles. The van der Waals surface area contributed by atoms with E-state index in [2.05, 4.69) is 30.4 Å². The van der Waals surface area contributed by atoms with Crippen LogP contribution >= 0.6 is 0 Å². The minimum atomic E-state index is 1.07. The van der Waals surface area contributed by atoms with E-state index in [1.807, 2.05) is 12.3 Å². The van der Waals surface area contributed by atoms with Crippen LogP contribution in [0.4, 0.5) is 5.69 Å². The van der Waals surface area contributed by atoms with E-state index < -0.39 is 0 Å². The van der Waals surface area contributed by atoms with Crippen LogP contribution in [-0.2, 0) is 0 Å². The summed E-state index contributed by atoms with van der Waals surface area (Å²) in [4.78, 5) is 0. The van der Waals surface area contributed by atoms with Gasteiger partial charge in [-0.05, 0) is 18.1 Å².